The van der Waals surface area contributed by atoms with Crippen molar-refractivity contribution in [1.29, 1.82) is 0 Å². The van der Waals surface area contributed by atoms with Gasteiger partial charge in [0.2, 0.25) is 9.84 Å². The summed E-state index contributed by atoms with van der Waals surface area (Å²) < 4.78 is 29.2. The van der Waals surface area contributed by atoms with Gasteiger partial charge in [0.05, 0.1) is 9.79 Å². The van der Waals surface area contributed by atoms with Crippen LogP contribution in [0.5, 0.6) is 0 Å². The van der Waals surface area contributed by atoms with Crippen LogP contribution in [-0.2, 0) is 23.3 Å². The molecule has 29 heavy (non-hydrogen) atoms. The molecule has 4 heterocycles. The standard InChI is InChI=1S/C22H21N3O2S.ClH/c1-25-19-8-6-14(12-16(19)22-18-7-5-13(24-18)11-20(22)25)28(26,27)21-4-2-3-17-15(21)9-10-23-17;/h2-4,6,8-10,12-13,18,23-24H,5,7,11H2,1H3;1H. The average Bonchev–Trinajstić information content (AvgIpc) is 3.39. The second-order valence-corrected chi connectivity index (χ2v) is 9.91. The number of halogens is 1. The van der Waals surface area contributed by atoms with Crippen LogP contribution in [0.3, 0.4) is 0 Å². The van der Waals surface area contributed by atoms with Gasteiger partial charge in [0.25, 0.3) is 0 Å². The number of H-pyrrole nitrogens is 1. The topological polar surface area (TPSA) is 66.9 Å². The number of benzene rings is 2. The van der Waals surface area contributed by atoms with Crippen molar-refractivity contribution < 1.29 is 8.42 Å². The first-order valence-corrected chi connectivity index (χ1v) is 11.2. The largest absolute Gasteiger partial charge is 0.361 e. The molecule has 0 amide bonds. The maximum Gasteiger partial charge on any atom is 0.207 e. The van der Waals surface area contributed by atoms with Crippen molar-refractivity contribution in [2.45, 2.75) is 41.1 Å². The van der Waals surface area contributed by atoms with Crippen LogP contribution < -0.4 is 5.32 Å². The molecular formula is C22H22ClN3O2S. The van der Waals surface area contributed by atoms with Gasteiger partial charge >= 0.3 is 0 Å². The van der Waals surface area contributed by atoms with Gasteiger partial charge in [0, 0.05) is 59.2 Å². The van der Waals surface area contributed by atoms with Gasteiger partial charge < -0.3 is 14.9 Å². The third kappa shape index (κ3) is 2.52. The van der Waals surface area contributed by atoms with Crippen molar-refractivity contribution in [2.24, 2.45) is 7.05 Å². The van der Waals surface area contributed by atoms with Gasteiger partial charge in [-0.1, -0.05) is 6.07 Å². The third-order valence-corrected chi connectivity index (χ3v) is 8.33. The maximum absolute atomic E-state index is 13.5. The molecule has 2 aromatic carbocycles. The summed E-state index contributed by atoms with van der Waals surface area (Å²) >= 11 is 0. The van der Waals surface area contributed by atoms with E-state index in [1.54, 1.807) is 24.4 Å². The molecule has 2 aromatic heterocycles. The molecule has 2 aliphatic heterocycles. The second-order valence-electron chi connectivity index (χ2n) is 7.99. The molecule has 1 saturated heterocycles. The molecule has 0 radical (unpaired) electrons. The van der Waals surface area contributed by atoms with E-state index < -0.39 is 9.84 Å². The predicted octanol–water partition coefficient (Wildman–Crippen LogP) is 4.26. The highest BCUT2D eigenvalue weighted by molar-refractivity contribution is 7.91. The Balaban J connectivity index is 0.00000181. The van der Waals surface area contributed by atoms with Gasteiger partial charge in [0.1, 0.15) is 0 Å². The van der Waals surface area contributed by atoms with Crippen LogP contribution in [0.1, 0.15) is 30.1 Å². The molecule has 2 unspecified atom stereocenters. The number of aromatic amines is 1. The number of fused-ring (bicyclic) bond motifs is 7. The Hall–Kier alpha value is -2.28. The van der Waals surface area contributed by atoms with E-state index in [0.29, 0.717) is 21.9 Å². The monoisotopic (exact) mass is 427 g/mol. The van der Waals surface area contributed by atoms with Crippen molar-refractivity contribution in [3.05, 3.63) is 59.9 Å². The third-order valence-electron chi connectivity index (χ3n) is 6.52. The van der Waals surface area contributed by atoms with Crippen LogP contribution in [0.15, 0.2) is 58.5 Å². The SMILES string of the molecule is Cl.Cn1c2c(c3cc(S(=O)(=O)c4cccc5[nH]ccc45)ccc31)C1CCC(C2)N1. The highest BCUT2D eigenvalue weighted by Gasteiger charge is 2.36. The van der Waals surface area contributed by atoms with Gasteiger partial charge in [-0.3, -0.25) is 0 Å². The van der Waals surface area contributed by atoms with Crippen molar-refractivity contribution in [3.63, 3.8) is 0 Å². The summed E-state index contributed by atoms with van der Waals surface area (Å²) in [5, 5.41) is 5.50. The van der Waals surface area contributed by atoms with Gasteiger partial charge in [0.15, 0.2) is 0 Å². The fourth-order valence-corrected chi connectivity index (χ4v) is 6.67. The van der Waals surface area contributed by atoms with Crippen LogP contribution in [0, 0.1) is 0 Å². The van der Waals surface area contributed by atoms with Crippen LogP contribution in [0.25, 0.3) is 21.8 Å². The Morgan fingerprint density at radius 1 is 1.07 bits per heavy atom. The molecule has 4 aromatic rings. The molecule has 5 nitrogen and oxygen atoms in total. The zero-order valence-electron chi connectivity index (χ0n) is 16.0. The molecule has 2 N–H and O–H groups in total. The molecule has 0 aliphatic carbocycles. The molecule has 6 rings (SSSR count). The predicted molar refractivity (Wildman–Crippen MR) is 117 cm³/mol. The quantitative estimate of drug-likeness (QED) is 0.502. The van der Waals surface area contributed by atoms with Crippen LogP contribution >= 0.6 is 12.4 Å². The minimum absolute atomic E-state index is 0. The number of rotatable bonds is 2. The number of aryl methyl sites for hydroxylation is 1. The molecule has 0 saturated carbocycles. The number of aromatic nitrogens is 2. The summed E-state index contributed by atoms with van der Waals surface area (Å²) in [7, 11) is -1.51. The van der Waals surface area contributed by atoms with E-state index in [0.717, 1.165) is 34.6 Å². The van der Waals surface area contributed by atoms with E-state index in [1.165, 1.54) is 17.7 Å². The lowest BCUT2D eigenvalue weighted by molar-refractivity contribution is 0.503. The van der Waals surface area contributed by atoms with E-state index in [2.05, 4.69) is 21.9 Å². The van der Waals surface area contributed by atoms with Crippen LogP contribution in [0.4, 0.5) is 0 Å². The van der Waals surface area contributed by atoms with Crippen LogP contribution in [0.2, 0.25) is 0 Å². The average molecular weight is 428 g/mol. The van der Waals surface area contributed by atoms with E-state index in [1.807, 2.05) is 24.3 Å². The summed E-state index contributed by atoms with van der Waals surface area (Å²) in [5.41, 5.74) is 4.59. The second kappa shape index (κ2) is 6.36. The number of hydrogen-bond acceptors (Lipinski definition) is 3. The summed E-state index contributed by atoms with van der Waals surface area (Å²) in [6, 6.07) is 13.7. The molecule has 2 aliphatic rings. The highest BCUT2D eigenvalue weighted by atomic mass is 35.5. The van der Waals surface area contributed by atoms with E-state index in [-0.39, 0.29) is 12.4 Å². The Morgan fingerprint density at radius 2 is 1.93 bits per heavy atom. The smallest absolute Gasteiger partial charge is 0.207 e. The Labute approximate surface area is 175 Å². The minimum Gasteiger partial charge on any atom is -0.361 e. The molecule has 0 spiro atoms. The molecule has 2 atom stereocenters. The fourth-order valence-electron chi connectivity index (χ4n) is 5.17. The fraction of sp³-hybridized carbons (Fsp3) is 0.273. The summed E-state index contributed by atoms with van der Waals surface area (Å²) in [6.45, 7) is 0. The molecule has 2 bridgehead atoms. The number of nitrogens with zero attached hydrogens (tertiary/aromatic N) is 1. The lowest BCUT2D eigenvalue weighted by Gasteiger charge is -2.23. The summed E-state index contributed by atoms with van der Waals surface area (Å²) in [4.78, 5) is 3.82. The molecule has 150 valence electrons. The normalized spacial score (nSPS) is 20.7. The van der Waals surface area contributed by atoms with E-state index in [4.69, 9.17) is 0 Å². The number of hydrogen-bond donors (Lipinski definition) is 2. The molecule has 7 heteroatoms. The van der Waals surface area contributed by atoms with Gasteiger partial charge in [-0.2, -0.15) is 0 Å². The first-order valence-electron chi connectivity index (χ1n) is 9.72. The van der Waals surface area contributed by atoms with Crippen molar-refractivity contribution >= 4 is 44.1 Å². The van der Waals surface area contributed by atoms with E-state index in [9.17, 15) is 8.42 Å². The van der Waals surface area contributed by atoms with E-state index >= 15 is 0 Å². The van der Waals surface area contributed by atoms with Gasteiger partial charge in [-0.05, 0) is 54.8 Å². The first kappa shape index (κ1) is 18.7. The van der Waals surface area contributed by atoms with Gasteiger partial charge in [-0.25, -0.2) is 8.42 Å². The van der Waals surface area contributed by atoms with Gasteiger partial charge in [-0.15, -0.1) is 12.4 Å². The van der Waals surface area contributed by atoms with Crippen molar-refractivity contribution in [2.75, 3.05) is 0 Å². The lowest BCUT2D eigenvalue weighted by Crippen LogP contribution is -2.32. The summed E-state index contributed by atoms with van der Waals surface area (Å²) in [6.07, 6.45) is 5.11. The zero-order valence-corrected chi connectivity index (χ0v) is 17.6. The number of sulfone groups is 1. The van der Waals surface area contributed by atoms with Crippen LogP contribution in [-0.4, -0.2) is 24.0 Å². The Bertz CT molecular complexity index is 1370. The highest BCUT2D eigenvalue weighted by Crippen LogP contribution is 2.42. The van der Waals surface area contributed by atoms with Crippen molar-refractivity contribution in [3.8, 4) is 0 Å². The zero-order chi connectivity index (χ0) is 19.0. The maximum atomic E-state index is 13.5. The molecular weight excluding hydrogens is 406 g/mol. The first-order chi connectivity index (χ1) is 13.5. The lowest BCUT2D eigenvalue weighted by atomic mass is 9.99. The number of nitrogens with one attached hydrogen (secondary N) is 2. The Morgan fingerprint density at radius 3 is 2.79 bits per heavy atom. The minimum atomic E-state index is -3.61. The Kier molecular flexibility index (Phi) is 4.11. The molecule has 1 fully saturated rings. The van der Waals surface area contributed by atoms with Crippen molar-refractivity contribution in [1.82, 2.24) is 14.9 Å². The summed E-state index contributed by atoms with van der Waals surface area (Å²) in [5.74, 6) is 0.